The lowest BCUT2D eigenvalue weighted by Crippen LogP contribution is -2.48. The van der Waals surface area contributed by atoms with Gasteiger partial charge in [-0.1, -0.05) is 22.8 Å². The Kier molecular flexibility index (Phi) is 4.64. The highest BCUT2D eigenvalue weighted by molar-refractivity contribution is 6.30. The topological polar surface area (TPSA) is 84.2 Å². The van der Waals surface area contributed by atoms with E-state index in [0.717, 1.165) is 5.56 Å². The number of carbonyl (C=O) groups is 1. The number of rotatable bonds is 5. The van der Waals surface area contributed by atoms with Crippen LogP contribution in [0.5, 0.6) is 0 Å². The summed E-state index contributed by atoms with van der Waals surface area (Å²) in [5, 5.41) is 7.43. The van der Waals surface area contributed by atoms with Crippen LogP contribution in [0.4, 0.5) is 5.69 Å². The quantitative estimate of drug-likeness (QED) is 0.744. The third-order valence-corrected chi connectivity index (χ3v) is 4.38. The summed E-state index contributed by atoms with van der Waals surface area (Å²) in [6.07, 6.45) is 3.39. The van der Waals surface area contributed by atoms with Gasteiger partial charge in [0.1, 0.15) is 0 Å². The van der Waals surface area contributed by atoms with Gasteiger partial charge in [0.05, 0.1) is 12.5 Å². The first-order valence-corrected chi connectivity index (χ1v) is 8.57. The first-order chi connectivity index (χ1) is 12.7. The molecule has 1 fully saturated rings. The highest BCUT2D eigenvalue weighted by Crippen LogP contribution is 2.27. The lowest BCUT2D eigenvalue weighted by atomic mass is 10.0. The van der Waals surface area contributed by atoms with E-state index in [1.165, 1.54) is 0 Å². The molecule has 1 N–H and O–H groups in total. The molecule has 0 saturated carbocycles. The van der Waals surface area contributed by atoms with Crippen molar-refractivity contribution in [3.63, 3.8) is 0 Å². The minimum Gasteiger partial charge on any atom is -0.339 e. The van der Waals surface area contributed by atoms with E-state index in [9.17, 15) is 4.79 Å². The molecule has 1 amide bonds. The fourth-order valence-corrected chi connectivity index (χ4v) is 3.03. The van der Waals surface area contributed by atoms with Gasteiger partial charge >= 0.3 is 0 Å². The molecule has 4 rings (SSSR count). The van der Waals surface area contributed by atoms with E-state index in [2.05, 4.69) is 20.4 Å². The Balaban J connectivity index is 1.29. The van der Waals surface area contributed by atoms with Crippen LogP contribution in [-0.4, -0.2) is 45.6 Å². The lowest BCUT2D eigenvalue weighted by Gasteiger charge is -2.36. The lowest BCUT2D eigenvalue weighted by molar-refractivity contribution is -0.118. The smallest absolute Gasteiger partial charge is 0.238 e. The van der Waals surface area contributed by atoms with Crippen molar-refractivity contribution < 1.29 is 9.32 Å². The van der Waals surface area contributed by atoms with Crippen molar-refractivity contribution in [3.8, 4) is 11.4 Å². The van der Waals surface area contributed by atoms with E-state index in [0.29, 0.717) is 42.1 Å². The van der Waals surface area contributed by atoms with Gasteiger partial charge in [0.15, 0.2) is 0 Å². The van der Waals surface area contributed by atoms with Crippen LogP contribution in [0.25, 0.3) is 11.4 Å². The molecule has 0 radical (unpaired) electrons. The zero-order valence-corrected chi connectivity index (χ0v) is 14.6. The normalized spacial score (nSPS) is 14.8. The average Bonchev–Trinajstić information content (AvgIpc) is 3.08. The maximum atomic E-state index is 12.1. The summed E-state index contributed by atoms with van der Waals surface area (Å²) in [6, 6.07) is 10.8. The molecule has 0 atom stereocenters. The number of nitrogens with zero attached hydrogens (tertiary/aromatic N) is 4. The fraction of sp³-hybridized carbons (Fsp3) is 0.222. The van der Waals surface area contributed by atoms with Crippen LogP contribution >= 0.6 is 11.6 Å². The minimum atomic E-state index is -0.0766. The number of carbonyl (C=O) groups excluding carboxylic acids is 1. The van der Waals surface area contributed by atoms with Gasteiger partial charge in [-0.25, -0.2) is 0 Å². The van der Waals surface area contributed by atoms with Crippen LogP contribution in [0, 0.1) is 0 Å². The first kappa shape index (κ1) is 16.7. The summed E-state index contributed by atoms with van der Waals surface area (Å²) in [5.74, 6) is 1.19. The SMILES string of the molecule is O=C(CN1CC(c2nc(-c3cccnc3)no2)C1)Nc1cccc(Cl)c1. The molecule has 0 unspecified atom stereocenters. The number of aromatic nitrogens is 3. The molecule has 7 nitrogen and oxygen atoms in total. The van der Waals surface area contributed by atoms with Crippen molar-refractivity contribution in [1.82, 2.24) is 20.0 Å². The van der Waals surface area contributed by atoms with Crippen molar-refractivity contribution in [2.45, 2.75) is 5.92 Å². The number of hydrogen-bond acceptors (Lipinski definition) is 6. The second kappa shape index (κ2) is 7.23. The number of hydrogen-bond donors (Lipinski definition) is 1. The van der Waals surface area contributed by atoms with Crippen molar-refractivity contribution in [3.05, 3.63) is 59.7 Å². The summed E-state index contributed by atoms with van der Waals surface area (Å²) >= 11 is 5.92. The van der Waals surface area contributed by atoms with Crippen molar-refractivity contribution >= 4 is 23.2 Å². The number of pyridine rings is 1. The second-order valence-electron chi connectivity index (χ2n) is 6.15. The van der Waals surface area contributed by atoms with E-state index >= 15 is 0 Å². The Labute approximate surface area is 155 Å². The summed E-state index contributed by atoms with van der Waals surface area (Å²) in [4.78, 5) is 22.6. The van der Waals surface area contributed by atoms with Gasteiger partial charge in [-0.2, -0.15) is 4.98 Å². The van der Waals surface area contributed by atoms with Crippen molar-refractivity contribution in [2.24, 2.45) is 0 Å². The highest BCUT2D eigenvalue weighted by Gasteiger charge is 2.33. The van der Waals surface area contributed by atoms with Crippen molar-refractivity contribution in [2.75, 3.05) is 25.0 Å². The molecular formula is C18H16ClN5O2. The zero-order chi connectivity index (χ0) is 17.9. The number of anilines is 1. The second-order valence-corrected chi connectivity index (χ2v) is 6.58. The van der Waals surface area contributed by atoms with E-state index in [-0.39, 0.29) is 11.8 Å². The Bertz CT molecular complexity index is 909. The number of halogens is 1. The van der Waals surface area contributed by atoms with E-state index in [1.54, 1.807) is 36.7 Å². The molecule has 0 bridgehead atoms. The van der Waals surface area contributed by atoms with Crippen LogP contribution in [0.1, 0.15) is 11.8 Å². The van der Waals surface area contributed by atoms with Crippen LogP contribution in [0.2, 0.25) is 5.02 Å². The first-order valence-electron chi connectivity index (χ1n) is 8.19. The van der Waals surface area contributed by atoms with Crippen LogP contribution < -0.4 is 5.32 Å². The standard InChI is InChI=1S/C18H16ClN5O2/c19-14-4-1-5-15(7-14)21-16(25)11-24-9-13(10-24)18-22-17(23-26-18)12-3-2-6-20-8-12/h1-8,13H,9-11H2,(H,21,25). The largest absolute Gasteiger partial charge is 0.339 e. The van der Waals surface area contributed by atoms with Gasteiger partial charge in [0.25, 0.3) is 0 Å². The molecule has 1 aromatic carbocycles. The average molecular weight is 370 g/mol. The summed E-state index contributed by atoms with van der Waals surface area (Å²) in [6.45, 7) is 1.72. The third-order valence-electron chi connectivity index (χ3n) is 4.14. The van der Waals surface area contributed by atoms with Gasteiger partial charge in [-0.3, -0.25) is 14.7 Å². The zero-order valence-electron chi connectivity index (χ0n) is 13.8. The monoisotopic (exact) mass is 369 g/mol. The van der Waals surface area contributed by atoms with E-state index < -0.39 is 0 Å². The van der Waals surface area contributed by atoms with Gasteiger partial charge in [0.2, 0.25) is 17.6 Å². The molecule has 3 heterocycles. The van der Waals surface area contributed by atoms with Gasteiger partial charge < -0.3 is 9.84 Å². The Morgan fingerprint density at radius 2 is 2.19 bits per heavy atom. The maximum Gasteiger partial charge on any atom is 0.238 e. The summed E-state index contributed by atoms with van der Waals surface area (Å²) in [5.41, 5.74) is 1.51. The molecule has 1 aliphatic heterocycles. The Morgan fingerprint density at radius 3 is 2.96 bits per heavy atom. The Morgan fingerprint density at radius 1 is 1.31 bits per heavy atom. The van der Waals surface area contributed by atoms with Crippen LogP contribution in [0.15, 0.2) is 53.3 Å². The molecule has 3 aromatic rings. The number of likely N-dealkylation sites (tertiary alicyclic amines) is 1. The molecule has 0 aliphatic carbocycles. The molecule has 8 heteroatoms. The molecule has 2 aromatic heterocycles. The van der Waals surface area contributed by atoms with Crippen LogP contribution in [-0.2, 0) is 4.79 Å². The molecule has 1 saturated heterocycles. The number of nitrogens with one attached hydrogen (secondary N) is 1. The van der Waals surface area contributed by atoms with E-state index in [1.807, 2.05) is 17.0 Å². The maximum absolute atomic E-state index is 12.1. The summed E-state index contributed by atoms with van der Waals surface area (Å²) < 4.78 is 5.35. The van der Waals surface area contributed by atoms with Gasteiger partial charge in [-0.05, 0) is 30.3 Å². The fourth-order valence-electron chi connectivity index (χ4n) is 2.84. The molecule has 0 spiro atoms. The predicted molar refractivity (Wildman–Crippen MR) is 96.8 cm³/mol. The van der Waals surface area contributed by atoms with Crippen molar-refractivity contribution in [1.29, 1.82) is 0 Å². The molecular weight excluding hydrogens is 354 g/mol. The van der Waals surface area contributed by atoms with E-state index in [4.69, 9.17) is 16.1 Å². The summed E-state index contributed by atoms with van der Waals surface area (Å²) in [7, 11) is 0. The number of amides is 1. The minimum absolute atomic E-state index is 0.0766. The molecule has 1 aliphatic rings. The van der Waals surface area contributed by atoms with Gasteiger partial charge in [-0.15, -0.1) is 0 Å². The number of benzene rings is 1. The third kappa shape index (κ3) is 3.74. The van der Waals surface area contributed by atoms with Crippen LogP contribution in [0.3, 0.4) is 0 Å². The molecule has 132 valence electrons. The predicted octanol–water partition coefficient (Wildman–Crippen LogP) is 2.82. The molecule has 26 heavy (non-hydrogen) atoms. The van der Waals surface area contributed by atoms with Gasteiger partial charge in [0, 0.05) is 41.8 Å². The highest BCUT2D eigenvalue weighted by atomic mass is 35.5. The Hall–Kier alpha value is -2.77.